The van der Waals surface area contributed by atoms with Gasteiger partial charge in [0.2, 0.25) is 5.91 Å². The molecule has 0 aliphatic rings. The van der Waals surface area contributed by atoms with E-state index in [0.29, 0.717) is 0 Å². The monoisotopic (exact) mass is 236 g/mol. The van der Waals surface area contributed by atoms with E-state index in [1.165, 1.54) is 7.05 Å². The van der Waals surface area contributed by atoms with E-state index in [9.17, 15) is 18.0 Å². The van der Waals surface area contributed by atoms with Crippen LogP contribution in [0, 0.1) is 23.2 Å². The maximum absolute atomic E-state index is 11.9. The molecule has 1 unspecified atom stereocenters. The first-order valence-corrected chi connectivity index (χ1v) is 4.90. The summed E-state index contributed by atoms with van der Waals surface area (Å²) in [6, 6.07) is 1.81. The molecule has 92 valence electrons. The van der Waals surface area contributed by atoms with Gasteiger partial charge in [-0.2, -0.15) is 18.4 Å². The molecule has 0 rings (SSSR count). The van der Waals surface area contributed by atoms with Gasteiger partial charge in [0.15, 0.2) is 0 Å². The number of alkyl halides is 3. The summed E-state index contributed by atoms with van der Waals surface area (Å²) in [4.78, 5) is 12.5. The van der Waals surface area contributed by atoms with Crippen molar-refractivity contribution in [1.29, 1.82) is 5.26 Å². The third kappa shape index (κ3) is 5.01. The number of hydrogen-bond donors (Lipinski definition) is 0. The lowest BCUT2D eigenvalue weighted by Crippen LogP contribution is -2.36. The molecule has 16 heavy (non-hydrogen) atoms. The average molecular weight is 236 g/mol. The first-order valence-electron chi connectivity index (χ1n) is 4.90. The van der Waals surface area contributed by atoms with Crippen molar-refractivity contribution in [2.24, 2.45) is 11.8 Å². The molecule has 0 radical (unpaired) electrons. The first kappa shape index (κ1) is 14.8. The highest BCUT2D eigenvalue weighted by atomic mass is 19.4. The van der Waals surface area contributed by atoms with Gasteiger partial charge in [-0.1, -0.05) is 13.8 Å². The summed E-state index contributed by atoms with van der Waals surface area (Å²) >= 11 is 0. The summed E-state index contributed by atoms with van der Waals surface area (Å²) in [5.74, 6) is -1.63. The van der Waals surface area contributed by atoms with Crippen molar-refractivity contribution in [1.82, 2.24) is 4.90 Å². The predicted molar refractivity (Wildman–Crippen MR) is 52.3 cm³/mol. The van der Waals surface area contributed by atoms with Crippen molar-refractivity contribution < 1.29 is 18.0 Å². The third-order valence-corrected chi connectivity index (χ3v) is 2.18. The Kier molecular flexibility index (Phi) is 5.28. The van der Waals surface area contributed by atoms with E-state index in [1.54, 1.807) is 19.9 Å². The van der Waals surface area contributed by atoms with E-state index in [0.717, 1.165) is 4.90 Å². The van der Waals surface area contributed by atoms with Crippen LogP contribution in [0.25, 0.3) is 0 Å². The highest BCUT2D eigenvalue weighted by Gasteiger charge is 2.30. The molecule has 0 spiro atoms. The fourth-order valence-corrected chi connectivity index (χ4v) is 1.13. The second-order valence-corrected chi connectivity index (χ2v) is 3.98. The van der Waals surface area contributed by atoms with Crippen molar-refractivity contribution >= 4 is 5.91 Å². The predicted octanol–water partition coefficient (Wildman–Crippen LogP) is 2.19. The maximum Gasteiger partial charge on any atom is 0.390 e. The van der Waals surface area contributed by atoms with Gasteiger partial charge in [0.05, 0.1) is 12.5 Å². The van der Waals surface area contributed by atoms with E-state index in [-0.39, 0.29) is 5.92 Å². The lowest BCUT2D eigenvalue weighted by atomic mass is 9.96. The average Bonchev–Trinajstić information content (AvgIpc) is 2.13. The molecule has 0 aromatic rings. The number of amides is 1. The maximum atomic E-state index is 11.9. The summed E-state index contributed by atoms with van der Waals surface area (Å²) in [5.41, 5.74) is 0. The Morgan fingerprint density at radius 1 is 1.44 bits per heavy atom. The minimum atomic E-state index is -4.28. The van der Waals surface area contributed by atoms with Gasteiger partial charge in [-0.3, -0.25) is 4.79 Å². The smallest absolute Gasteiger partial charge is 0.344 e. The molecule has 0 fully saturated rings. The Labute approximate surface area is 92.8 Å². The van der Waals surface area contributed by atoms with Crippen LogP contribution in [-0.2, 0) is 4.79 Å². The minimum absolute atomic E-state index is 0.203. The van der Waals surface area contributed by atoms with Crippen LogP contribution in [0.5, 0.6) is 0 Å². The molecule has 1 atom stereocenters. The quantitative estimate of drug-likeness (QED) is 0.751. The van der Waals surface area contributed by atoms with E-state index in [4.69, 9.17) is 5.26 Å². The van der Waals surface area contributed by atoms with Gasteiger partial charge in [-0.05, 0) is 5.92 Å². The third-order valence-electron chi connectivity index (χ3n) is 2.18. The largest absolute Gasteiger partial charge is 0.390 e. The Hall–Kier alpha value is -1.25. The summed E-state index contributed by atoms with van der Waals surface area (Å²) in [7, 11) is 1.28. The second-order valence-electron chi connectivity index (χ2n) is 3.98. The highest BCUT2D eigenvalue weighted by molar-refractivity contribution is 5.81. The zero-order valence-corrected chi connectivity index (χ0v) is 9.51. The van der Waals surface area contributed by atoms with E-state index >= 15 is 0 Å². The molecule has 6 heteroatoms. The number of carbonyl (C=O) groups excluding carboxylic acids is 1. The summed E-state index contributed by atoms with van der Waals surface area (Å²) in [5, 5.41) is 8.72. The number of rotatable bonds is 4. The lowest BCUT2D eigenvalue weighted by molar-refractivity contribution is -0.145. The van der Waals surface area contributed by atoms with Crippen LogP contribution in [0.3, 0.4) is 0 Å². The number of carbonyl (C=O) groups is 1. The van der Waals surface area contributed by atoms with Gasteiger partial charge in [-0.15, -0.1) is 0 Å². The molecule has 0 aromatic carbocycles. The molecule has 0 saturated heterocycles. The number of nitrogens with zero attached hydrogens (tertiary/aromatic N) is 2. The zero-order chi connectivity index (χ0) is 12.9. The molecule has 0 saturated carbocycles. The summed E-state index contributed by atoms with van der Waals surface area (Å²) < 4.78 is 35.8. The minimum Gasteiger partial charge on any atom is -0.344 e. The summed E-state index contributed by atoms with van der Waals surface area (Å²) in [6.45, 7) is 2.96. The van der Waals surface area contributed by atoms with E-state index in [1.807, 2.05) is 0 Å². The normalized spacial score (nSPS) is 13.4. The van der Waals surface area contributed by atoms with Crippen molar-refractivity contribution in [2.45, 2.75) is 26.4 Å². The zero-order valence-electron chi connectivity index (χ0n) is 9.51. The van der Waals surface area contributed by atoms with Gasteiger partial charge >= 0.3 is 6.18 Å². The van der Waals surface area contributed by atoms with Crippen molar-refractivity contribution in [3.63, 3.8) is 0 Å². The molecule has 0 aliphatic heterocycles. The van der Waals surface area contributed by atoms with Crippen LogP contribution < -0.4 is 0 Å². The SMILES string of the molecule is CC(C)C(C#N)C(=O)N(C)CCC(F)(F)F. The molecule has 0 aromatic heterocycles. The van der Waals surface area contributed by atoms with Crippen molar-refractivity contribution in [3.8, 4) is 6.07 Å². The molecule has 0 bridgehead atoms. The molecule has 0 aliphatic carbocycles. The number of hydrogen-bond acceptors (Lipinski definition) is 2. The standard InChI is InChI=1S/C10H15F3N2O/c1-7(2)8(6-14)9(16)15(3)5-4-10(11,12)13/h7-8H,4-5H2,1-3H3. The molecule has 0 N–H and O–H groups in total. The van der Waals surface area contributed by atoms with Gasteiger partial charge < -0.3 is 4.90 Å². The van der Waals surface area contributed by atoms with Crippen LogP contribution in [0.2, 0.25) is 0 Å². The topological polar surface area (TPSA) is 44.1 Å². The van der Waals surface area contributed by atoms with Crippen LogP contribution in [0.15, 0.2) is 0 Å². The number of nitriles is 1. The van der Waals surface area contributed by atoms with Crippen LogP contribution in [0.1, 0.15) is 20.3 Å². The lowest BCUT2D eigenvalue weighted by Gasteiger charge is -2.22. The van der Waals surface area contributed by atoms with Crippen LogP contribution in [-0.4, -0.2) is 30.6 Å². The Morgan fingerprint density at radius 2 is 1.94 bits per heavy atom. The van der Waals surface area contributed by atoms with Gasteiger partial charge in [0, 0.05) is 13.6 Å². The molecular weight excluding hydrogens is 221 g/mol. The Bertz CT molecular complexity index is 281. The Balaban J connectivity index is 4.34. The van der Waals surface area contributed by atoms with E-state index in [2.05, 4.69) is 0 Å². The first-order chi connectivity index (χ1) is 7.19. The number of halogens is 3. The van der Waals surface area contributed by atoms with Crippen LogP contribution >= 0.6 is 0 Å². The van der Waals surface area contributed by atoms with Gasteiger partial charge in [0.25, 0.3) is 0 Å². The molecule has 3 nitrogen and oxygen atoms in total. The van der Waals surface area contributed by atoms with Crippen LogP contribution in [0.4, 0.5) is 13.2 Å². The highest BCUT2D eigenvalue weighted by Crippen LogP contribution is 2.20. The van der Waals surface area contributed by atoms with Crippen molar-refractivity contribution in [2.75, 3.05) is 13.6 Å². The van der Waals surface area contributed by atoms with E-state index < -0.39 is 31.0 Å². The summed E-state index contributed by atoms with van der Waals surface area (Å²) in [6.07, 6.45) is -5.33. The molecular formula is C10H15F3N2O. The van der Waals surface area contributed by atoms with Gasteiger partial charge in [-0.25, -0.2) is 0 Å². The fraction of sp³-hybridized carbons (Fsp3) is 0.800. The Morgan fingerprint density at radius 3 is 2.25 bits per heavy atom. The fourth-order valence-electron chi connectivity index (χ4n) is 1.13. The molecule has 1 amide bonds. The second kappa shape index (κ2) is 5.73. The van der Waals surface area contributed by atoms with Gasteiger partial charge in [0.1, 0.15) is 5.92 Å². The molecule has 0 heterocycles. The van der Waals surface area contributed by atoms with Crippen molar-refractivity contribution in [3.05, 3.63) is 0 Å².